The zero-order chi connectivity index (χ0) is 16.8. The summed E-state index contributed by atoms with van der Waals surface area (Å²) in [5.41, 5.74) is 0.787. The molecule has 2 aromatic rings. The number of rotatable bonds is 7. The molecular formula is C17H19NO4S. The maximum atomic E-state index is 12.6. The molecule has 0 aliphatic carbocycles. The minimum absolute atomic E-state index is 0.0176. The number of hydrogen-bond acceptors (Lipinski definition) is 4. The Morgan fingerprint density at radius 2 is 1.83 bits per heavy atom. The van der Waals surface area contributed by atoms with Gasteiger partial charge in [-0.2, -0.15) is 0 Å². The van der Waals surface area contributed by atoms with Gasteiger partial charge in [-0.1, -0.05) is 12.1 Å². The molecule has 0 saturated carbocycles. The molecule has 0 unspecified atom stereocenters. The summed E-state index contributed by atoms with van der Waals surface area (Å²) in [6.07, 6.45) is 1.37. The van der Waals surface area contributed by atoms with Crippen LogP contribution in [0, 0.1) is 0 Å². The number of aromatic carboxylic acids is 1. The van der Waals surface area contributed by atoms with E-state index in [4.69, 9.17) is 9.52 Å². The average Bonchev–Trinajstić information content (AvgIpc) is 3.03. The second-order valence-corrected chi connectivity index (χ2v) is 5.84. The molecule has 0 radical (unpaired) electrons. The van der Waals surface area contributed by atoms with Crippen molar-refractivity contribution in [1.29, 1.82) is 0 Å². The highest BCUT2D eigenvalue weighted by Gasteiger charge is 2.18. The van der Waals surface area contributed by atoms with E-state index in [-0.39, 0.29) is 11.5 Å². The Hall–Kier alpha value is -2.21. The highest BCUT2D eigenvalue weighted by atomic mass is 32.2. The van der Waals surface area contributed by atoms with Gasteiger partial charge in [0, 0.05) is 18.0 Å². The highest BCUT2D eigenvalue weighted by Crippen LogP contribution is 2.28. The first-order chi connectivity index (χ1) is 11.1. The monoisotopic (exact) mass is 333 g/mol. The fraction of sp³-hybridized carbons (Fsp3) is 0.294. The van der Waals surface area contributed by atoms with Crippen LogP contribution >= 0.6 is 11.8 Å². The molecule has 1 aromatic carbocycles. The molecule has 0 atom stereocenters. The fourth-order valence-corrected chi connectivity index (χ4v) is 3.23. The van der Waals surface area contributed by atoms with E-state index in [1.54, 1.807) is 11.0 Å². The molecule has 1 heterocycles. The third-order valence-corrected chi connectivity index (χ3v) is 4.58. The zero-order valence-electron chi connectivity index (χ0n) is 13.1. The average molecular weight is 333 g/mol. The SMILES string of the molecule is CCN(CC)C(=O)c1ccccc1SCc1occc1C(=O)O. The number of nitrogens with zero attached hydrogens (tertiary/aromatic N) is 1. The maximum Gasteiger partial charge on any atom is 0.339 e. The van der Waals surface area contributed by atoms with E-state index < -0.39 is 5.97 Å². The van der Waals surface area contributed by atoms with Gasteiger partial charge in [-0.3, -0.25) is 4.79 Å². The zero-order valence-corrected chi connectivity index (χ0v) is 13.9. The summed E-state index contributed by atoms with van der Waals surface area (Å²) in [5, 5.41) is 9.10. The summed E-state index contributed by atoms with van der Waals surface area (Å²) < 4.78 is 5.24. The highest BCUT2D eigenvalue weighted by molar-refractivity contribution is 7.98. The van der Waals surface area contributed by atoms with Gasteiger partial charge in [-0.05, 0) is 32.0 Å². The number of benzene rings is 1. The lowest BCUT2D eigenvalue weighted by Crippen LogP contribution is -2.30. The minimum Gasteiger partial charge on any atom is -0.478 e. The number of amides is 1. The first-order valence-corrected chi connectivity index (χ1v) is 8.37. The number of thioether (sulfide) groups is 1. The number of furan rings is 1. The predicted molar refractivity (Wildman–Crippen MR) is 88.9 cm³/mol. The van der Waals surface area contributed by atoms with E-state index in [0.717, 1.165) is 4.90 Å². The van der Waals surface area contributed by atoms with Crippen molar-refractivity contribution >= 4 is 23.6 Å². The van der Waals surface area contributed by atoms with Crippen molar-refractivity contribution in [2.45, 2.75) is 24.5 Å². The van der Waals surface area contributed by atoms with Crippen LogP contribution < -0.4 is 0 Å². The van der Waals surface area contributed by atoms with E-state index in [1.807, 2.05) is 32.0 Å². The van der Waals surface area contributed by atoms with Crippen LogP contribution in [0.5, 0.6) is 0 Å². The Morgan fingerprint density at radius 1 is 1.13 bits per heavy atom. The van der Waals surface area contributed by atoms with Gasteiger partial charge < -0.3 is 14.4 Å². The molecule has 5 nitrogen and oxygen atoms in total. The van der Waals surface area contributed by atoms with Crippen LogP contribution in [-0.4, -0.2) is 35.0 Å². The quantitative estimate of drug-likeness (QED) is 0.781. The molecule has 0 fully saturated rings. The number of carboxylic acid groups (broad SMARTS) is 1. The summed E-state index contributed by atoms with van der Waals surface area (Å²) in [5.74, 6) is -0.276. The third kappa shape index (κ3) is 3.96. The van der Waals surface area contributed by atoms with Gasteiger partial charge in [0.1, 0.15) is 11.3 Å². The molecule has 1 aromatic heterocycles. The number of hydrogen-bond donors (Lipinski definition) is 1. The van der Waals surface area contributed by atoms with Gasteiger partial charge in [0.2, 0.25) is 0 Å². The van der Waals surface area contributed by atoms with E-state index in [1.165, 1.54) is 24.1 Å². The Balaban J connectivity index is 2.19. The van der Waals surface area contributed by atoms with Crippen molar-refractivity contribution in [1.82, 2.24) is 4.90 Å². The molecular weight excluding hydrogens is 314 g/mol. The smallest absolute Gasteiger partial charge is 0.339 e. The summed E-state index contributed by atoms with van der Waals surface area (Å²) >= 11 is 1.40. The van der Waals surface area contributed by atoms with Crippen molar-refractivity contribution in [2.24, 2.45) is 0 Å². The van der Waals surface area contributed by atoms with Gasteiger partial charge in [-0.25, -0.2) is 4.79 Å². The van der Waals surface area contributed by atoms with Crippen LogP contribution in [0.25, 0.3) is 0 Å². The normalized spacial score (nSPS) is 10.5. The van der Waals surface area contributed by atoms with Crippen molar-refractivity contribution in [2.75, 3.05) is 13.1 Å². The van der Waals surface area contributed by atoms with Gasteiger partial charge in [-0.15, -0.1) is 11.8 Å². The van der Waals surface area contributed by atoms with Crippen molar-refractivity contribution < 1.29 is 19.1 Å². The molecule has 0 saturated heterocycles. The molecule has 2 rings (SSSR count). The topological polar surface area (TPSA) is 70.8 Å². The minimum atomic E-state index is -1.01. The Labute approximate surface area is 139 Å². The van der Waals surface area contributed by atoms with Gasteiger partial charge in [0.05, 0.1) is 17.6 Å². The maximum absolute atomic E-state index is 12.6. The number of carbonyl (C=O) groups is 2. The lowest BCUT2D eigenvalue weighted by molar-refractivity contribution is 0.0693. The molecule has 6 heteroatoms. The lowest BCUT2D eigenvalue weighted by Gasteiger charge is -2.20. The number of carboxylic acids is 1. The molecule has 0 aliphatic heterocycles. The van der Waals surface area contributed by atoms with Crippen LogP contribution in [0.15, 0.2) is 45.9 Å². The van der Waals surface area contributed by atoms with E-state index in [9.17, 15) is 9.59 Å². The molecule has 0 bridgehead atoms. The first-order valence-electron chi connectivity index (χ1n) is 7.39. The lowest BCUT2D eigenvalue weighted by atomic mass is 10.2. The van der Waals surface area contributed by atoms with Crippen molar-refractivity contribution in [3.05, 3.63) is 53.5 Å². The standard InChI is InChI=1S/C17H19NO4S/c1-3-18(4-2)16(19)13-7-5-6-8-15(13)23-11-14-12(17(20)21)9-10-22-14/h5-10H,3-4,11H2,1-2H3,(H,20,21). The molecule has 0 aliphatic rings. The van der Waals surface area contributed by atoms with Crippen LogP contribution in [0.2, 0.25) is 0 Å². The van der Waals surface area contributed by atoms with Gasteiger partial charge in [0.25, 0.3) is 5.91 Å². The molecule has 122 valence electrons. The summed E-state index contributed by atoms with van der Waals surface area (Å²) in [7, 11) is 0. The Kier molecular flexibility index (Phi) is 5.87. The van der Waals surface area contributed by atoms with Crippen LogP contribution in [0.4, 0.5) is 0 Å². The molecule has 1 amide bonds. The first kappa shape index (κ1) is 17.1. The van der Waals surface area contributed by atoms with Gasteiger partial charge >= 0.3 is 5.97 Å². The Bertz CT molecular complexity index is 691. The predicted octanol–water partition coefficient (Wildman–Crippen LogP) is 3.75. The summed E-state index contributed by atoms with van der Waals surface area (Å²) in [4.78, 5) is 26.2. The summed E-state index contributed by atoms with van der Waals surface area (Å²) in [6, 6.07) is 8.79. The second kappa shape index (κ2) is 7.87. The van der Waals surface area contributed by atoms with Crippen LogP contribution in [-0.2, 0) is 5.75 Å². The number of carbonyl (C=O) groups excluding carboxylic acids is 1. The summed E-state index contributed by atoms with van der Waals surface area (Å²) in [6.45, 7) is 5.18. The van der Waals surface area contributed by atoms with Crippen LogP contribution in [0.3, 0.4) is 0 Å². The van der Waals surface area contributed by atoms with Crippen LogP contribution in [0.1, 0.15) is 40.3 Å². The van der Waals surface area contributed by atoms with E-state index >= 15 is 0 Å². The molecule has 23 heavy (non-hydrogen) atoms. The van der Waals surface area contributed by atoms with E-state index in [0.29, 0.717) is 30.2 Å². The van der Waals surface area contributed by atoms with Crippen molar-refractivity contribution in [3.63, 3.8) is 0 Å². The largest absolute Gasteiger partial charge is 0.478 e. The molecule has 1 N–H and O–H groups in total. The van der Waals surface area contributed by atoms with Gasteiger partial charge in [0.15, 0.2) is 0 Å². The van der Waals surface area contributed by atoms with Crippen molar-refractivity contribution in [3.8, 4) is 0 Å². The fourth-order valence-electron chi connectivity index (χ4n) is 2.24. The third-order valence-electron chi connectivity index (χ3n) is 3.50. The Morgan fingerprint density at radius 3 is 2.48 bits per heavy atom. The molecule has 0 spiro atoms. The second-order valence-electron chi connectivity index (χ2n) is 4.82. The van der Waals surface area contributed by atoms with E-state index in [2.05, 4.69) is 0 Å².